The van der Waals surface area contributed by atoms with E-state index in [4.69, 9.17) is 43.8 Å². The summed E-state index contributed by atoms with van der Waals surface area (Å²) in [5.41, 5.74) is 8.97. The standard InChI is InChI=1S/C31H42N10O15P2/c1-14-9-40(31(47)38-27(14)44)24-8-17(20(54-24)12-51-58(3,49)55-16-7-23(52-18(16)10-42)39-5-4-21(32)35-30(39)46)56-57(2,48)50-11-19-15(43)6-22(53-19)41-13-34-25-26(41)36-29(33)37-28(25)45/h4-5,9,13,15-20,22-24,42-43H,6-8,10-12H2,1-3H3,(H2,32,35,46)(H,38,44,47)(H3,33,36,37,45)/t15-,16-,17-,18+,19+,20+,22+,23+,24+,57+,58+/m0/s1. The molecule has 0 amide bonds. The normalized spacial score (nSPS) is 29.5. The van der Waals surface area contributed by atoms with Crippen molar-refractivity contribution in [3.8, 4) is 0 Å². The van der Waals surface area contributed by atoms with Gasteiger partial charge in [0.1, 0.15) is 42.8 Å². The van der Waals surface area contributed by atoms with Gasteiger partial charge in [0.25, 0.3) is 11.1 Å². The van der Waals surface area contributed by atoms with E-state index in [1.54, 1.807) is 0 Å². The summed E-state index contributed by atoms with van der Waals surface area (Å²) in [5, 5.41) is 20.8. The van der Waals surface area contributed by atoms with Gasteiger partial charge in [-0.15, -0.1) is 0 Å². The second kappa shape index (κ2) is 16.3. The highest BCUT2D eigenvalue weighted by Crippen LogP contribution is 2.52. The van der Waals surface area contributed by atoms with Crippen molar-refractivity contribution in [2.45, 2.75) is 81.5 Å². The molecule has 0 aromatic carbocycles. The molecule has 8 N–H and O–H groups in total. The van der Waals surface area contributed by atoms with Crippen molar-refractivity contribution in [2.24, 2.45) is 0 Å². The van der Waals surface area contributed by atoms with Gasteiger partial charge in [0.05, 0.1) is 44.5 Å². The Balaban J connectivity index is 1.02. The van der Waals surface area contributed by atoms with E-state index in [-0.39, 0.29) is 47.8 Å². The summed E-state index contributed by atoms with van der Waals surface area (Å²) in [7, 11) is -8.04. The van der Waals surface area contributed by atoms with Crippen molar-refractivity contribution >= 4 is 38.1 Å². The molecule has 3 saturated heterocycles. The van der Waals surface area contributed by atoms with Gasteiger partial charge < -0.3 is 54.0 Å². The molecule has 3 aliphatic rings. The third-order valence-electron chi connectivity index (χ3n) is 9.72. The number of H-pyrrole nitrogens is 2. The molecule has 0 saturated carbocycles. The summed E-state index contributed by atoms with van der Waals surface area (Å²) in [4.78, 5) is 65.9. The fraction of sp³-hybridized carbons (Fsp3) is 0.581. The predicted octanol–water partition coefficient (Wildman–Crippen LogP) is -0.935. The Morgan fingerprint density at radius 3 is 2.12 bits per heavy atom. The number of imidazole rings is 1. The molecule has 7 heterocycles. The molecule has 0 bridgehead atoms. The maximum Gasteiger partial charge on any atom is 0.351 e. The second-order valence-electron chi connectivity index (χ2n) is 14.1. The first-order chi connectivity index (χ1) is 27.4. The van der Waals surface area contributed by atoms with E-state index in [9.17, 15) is 38.5 Å². The van der Waals surface area contributed by atoms with Gasteiger partial charge in [-0.05, 0) is 13.0 Å². The van der Waals surface area contributed by atoms with Gasteiger partial charge in [0.15, 0.2) is 11.2 Å². The average molecular weight is 857 g/mol. The highest BCUT2D eigenvalue weighted by atomic mass is 31.2. The summed E-state index contributed by atoms with van der Waals surface area (Å²) in [5.74, 6) is -0.138. The summed E-state index contributed by atoms with van der Waals surface area (Å²) in [6.07, 6.45) is -5.31. The Labute approximate surface area is 326 Å². The molecule has 7 rings (SSSR count). The van der Waals surface area contributed by atoms with Crippen molar-refractivity contribution in [3.05, 3.63) is 72.0 Å². The minimum absolute atomic E-state index is 0.00260. The topological polar surface area (TPSA) is 345 Å². The molecule has 25 nitrogen and oxygen atoms in total. The third kappa shape index (κ3) is 8.94. The average Bonchev–Trinajstić information content (AvgIpc) is 3.93. The number of nitrogens with one attached hydrogen (secondary N) is 2. The lowest BCUT2D eigenvalue weighted by atomic mass is 10.2. The Morgan fingerprint density at radius 1 is 0.845 bits per heavy atom. The molecule has 0 aliphatic carbocycles. The zero-order valence-electron chi connectivity index (χ0n) is 31.2. The third-order valence-corrected chi connectivity index (χ3v) is 12.3. The molecular formula is C31H42N10O15P2. The van der Waals surface area contributed by atoms with Crippen LogP contribution < -0.4 is 34.0 Å². The molecule has 0 radical (unpaired) electrons. The van der Waals surface area contributed by atoms with Gasteiger partial charge in [0.2, 0.25) is 5.95 Å². The molecule has 4 aromatic rings. The number of aryl methyl sites for hydroxylation is 1. The first kappa shape index (κ1) is 41.8. The number of aliphatic hydroxyl groups excluding tert-OH is 2. The minimum atomic E-state index is -4.03. The largest absolute Gasteiger partial charge is 0.394 e. The van der Waals surface area contributed by atoms with E-state index in [1.165, 1.54) is 49.6 Å². The lowest BCUT2D eigenvalue weighted by Gasteiger charge is -2.26. The maximum atomic E-state index is 13.8. The molecule has 58 heavy (non-hydrogen) atoms. The van der Waals surface area contributed by atoms with Crippen LogP contribution in [0.5, 0.6) is 0 Å². The number of nitrogens with zero attached hydrogens (tertiary/aromatic N) is 6. The summed E-state index contributed by atoms with van der Waals surface area (Å²) in [6.45, 7) is 2.40. The molecule has 316 valence electrons. The van der Waals surface area contributed by atoms with Gasteiger partial charge >= 0.3 is 26.6 Å². The molecular weight excluding hydrogens is 814 g/mol. The number of hydrogen-bond acceptors (Lipinski definition) is 20. The number of nitrogen functional groups attached to an aromatic ring is 2. The number of aromatic amines is 2. The van der Waals surface area contributed by atoms with Crippen LogP contribution in [0.25, 0.3) is 11.2 Å². The number of anilines is 2. The first-order valence-corrected chi connectivity index (χ1v) is 21.8. The van der Waals surface area contributed by atoms with Crippen LogP contribution in [0, 0.1) is 6.92 Å². The Kier molecular flexibility index (Phi) is 11.8. The van der Waals surface area contributed by atoms with Crippen molar-refractivity contribution in [1.29, 1.82) is 0 Å². The van der Waals surface area contributed by atoms with Gasteiger partial charge in [0, 0.05) is 50.5 Å². The zero-order valence-corrected chi connectivity index (χ0v) is 33.0. The van der Waals surface area contributed by atoms with Crippen LogP contribution in [0.3, 0.4) is 0 Å². The molecule has 4 aromatic heterocycles. The lowest BCUT2D eigenvalue weighted by molar-refractivity contribution is -0.0538. The van der Waals surface area contributed by atoms with Crippen LogP contribution in [0.1, 0.15) is 43.5 Å². The molecule has 11 atom stereocenters. The molecule has 0 unspecified atom stereocenters. The number of ether oxygens (including phenoxy) is 3. The monoisotopic (exact) mass is 856 g/mol. The fourth-order valence-electron chi connectivity index (χ4n) is 6.88. The Bertz CT molecular complexity index is 2510. The Hall–Kier alpha value is -4.39. The fourth-order valence-corrected chi connectivity index (χ4v) is 9.27. The van der Waals surface area contributed by atoms with Crippen LogP contribution in [0.15, 0.2) is 44.0 Å². The number of aromatic nitrogens is 8. The van der Waals surface area contributed by atoms with Gasteiger partial charge in [-0.2, -0.15) is 9.97 Å². The smallest absolute Gasteiger partial charge is 0.351 e. The van der Waals surface area contributed by atoms with E-state index in [1.807, 2.05) is 0 Å². The zero-order chi connectivity index (χ0) is 41.7. The van der Waals surface area contributed by atoms with Crippen LogP contribution in [-0.2, 0) is 41.4 Å². The van der Waals surface area contributed by atoms with Gasteiger partial charge in [-0.3, -0.25) is 42.4 Å². The van der Waals surface area contributed by atoms with E-state index in [0.29, 0.717) is 0 Å². The molecule has 27 heteroatoms. The maximum absolute atomic E-state index is 13.8. The van der Waals surface area contributed by atoms with Gasteiger partial charge in [-0.1, -0.05) is 0 Å². The second-order valence-corrected chi connectivity index (χ2v) is 18.1. The van der Waals surface area contributed by atoms with E-state index >= 15 is 0 Å². The first-order valence-electron chi connectivity index (χ1n) is 17.9. The number of aliphatic hydroxyl groups is 2. The van der Waals surface area contributed by atoms with Crippen LogP contribution >= 0.6 is 15.2 Å². The highest BCUT2D eigenvalue weighted by molar-refractivity contribution is 7.53. The van der Waals surface area contributed by atoms with Gasteiger partial charge in [-0.25, -0.2) is 14.6 Å². The quantitative estimate of drug-likeness (QED) is 0.0834. The summed E-state index contributed by atoms with van der Waals surface area (Å²) in [6, 6.07) is 1.39. The highest BCUT2D eigenvalue weighted by Gasteiger charge is 2.45. The van der Waals surface area contributed by atoms with E-state index in [2.05, 4.69) is 24.9 Å². The SMILES string of the molecule is Cc1cn([C@H]2C[C@H](O[P@](C)(=O)OC[C@H]3O[C@@H](n4cnc5c(=O)[nH]c(N)nc54)C[C@@H]3O)[C@@H](CO[P@@](C)(=O)O[C@H]3C[C@H](n4ccc(N)nc4=O)O[C@@H]3CO)O2)c(=O)[nH]c1=O. The Morgan fingerprint density at radius 2 is 1.45 bits per heavy atom. The number of nitrogens with two attached hydrogens (primary N) is 2. The minimum Gasteiger partial charge on any atom is -0.394 e. The van der Waals surface area contributed by atoms with Crippen LogP contribution in [0.2, 0.25) is 0 Å². The molecule has 3 aliphatic heterocycles. The molecule has 0 spiro atoms. The van der Waals surface area contributed by atoms with Crippen LogP contribution in [-0.4, -0.2) is 119 Å². The predicted molar refractivity (Wildman–Crippen MR) is 199 cm³/mol. The van der Waals surface area contributed by atoms with E-state index in [0.717, 1.165) is 9.13 Å². The lowest BCUT2D eigenvalue weighted by Crippen LogP contribution is -2.33. The number of rotatable bonds is 14. The van der Waals surface area contributed by atoms with E-state index < -0.39 is 113 Å². The number of fused-ring (bicyclic) bond motifs is 1. The van der Waals surface area contributed by atoms with Crippen molar-refractivity contribution in [2.75, 3.05) is 44.6 Å². The van der Waals surface area contributed by atoms with Crippen LogP contribution in [0.4, 0.5) is 11.8 Å². The summed E-state index contributed by atoms with van der Waals surface area (Å²) >= 11 is 0. The summed E-state index contributed by atoms with van der Waals surface area (Å²) < 4.78 is 72.2. The van der Waals surface area contributed by atoms with Crippen molar-refractivity contribution in [1.82, 2.24) is 38.6 Å². The molecule has 3 fully saturated rings. The number of hydrogen-bond donors (Lipinski definition) is 6. The van der Waals surface area contributed by atoms with Crippen molar-refractivity contribution < 1.29 is 51.6 Å². The van der Waals surface area contributed by atoms with Crippen molar-refractivity contribution in [3.63, 3.8) is 0 Å².